The maximum Gasteiger partial charge on any atom is 0.306 e. The van der Waals surface area contributed by atoms with E-state index < -0.39 is 6.10 Å². The molecule has 0 aromatic carbocycles. The van der Waals surface area contributed by atoms with Crippen molar-refractivity contribution in [2.24, 2.45) is 0 Å². The first-order valence-electron chi connectivity index (χ1n) is 27.3. The van der Waals surface area contributed by atoms with Crippen LogP contribution < -0.4 is 0 Å². The molecule has 0 heterocycles. The fraction of sp³-hybridized carbons (Fsp3) is 0.776. The zero-order chi connectivity index (χ0) is 46.5. The van der Waals surface area contributed by atoms with Gasteiger partial charge >= 0.3 is 17.9 Å². The first kappa shape index (κ1) is 61.1. The maximum atomic E-state index is 12.8. The number of hydrogen-bond donors (Lipinski definition) is 0. The van der Waals surface area contributed by atoms with Crippen molar-refractivity contribution in [3.63, 3.8) is 0 Å². The standard InChI is InChI=1S/C58H102O6/c1-4-7-10-13-16-19-22-25-27-28-29-31-33-36-39-42-45-48-51-57(60)63-54-55(53-62-56(59)50-47-44-41-38-35-32-24-21-18-15-12-9-6-3)64-58(61)52-49-46-43-40-37-34-30-26-23-20-17-14-11-8-5-2/h9,12,15,17-18,20-21,23-24,26,55H,4-8,10-11,13-14,16,19,22,25,27-54H2,1-3H3/b12-9+,18-15+,20-17+,24-21+,26-23+. The second kappa shape index (κ2) is 52.7. The van der Waals surface area contributed by atoms with Gasteiger partial charge in [-0.25, -0.2) is 0 Å². The van der Waals surface area contributed by atoms with Gasteiger partial charge in [0.25, 0.3) is 0 Å². The SMILES string of the molecule is CC/C=C/C=C/C=C/CCCCCCCC(=O)OCC(COC(=O)CCCCCCCCCCCCCCCCCCCC)OC(=O)CCCCCCCC/C=C/C=C/CCCCC. The molecule has 0 spiro atoms. The molecule has 370 valence electrons. The maximum absolute atomic E-state index is 12.8. The summed E-state index contributed by atoms with van der Waals surface area (Å²) in [5.74, 6) is -0.908. The Balaban J connectivity index is 4.37. The minimum atomic E-state index is -0.787. The van der Waals surface area contributed by atoms with E-state index in [0.717, 1.165) is 96.3 Å². The highest BCUT2D eigenvalue weighted by molar-refractivity contribution is 5.71. The van der Waals surface area contributed by atoms with Gasteiger partial charge in [0.15, 0.2) is 6.10 Å². The van der Waals surface area contributed by atoms with Crippen LogP contribution in [0.5, 0.6) is 0 Å². The van der Waals surface area contributed by atoms with Crippen LogP contribution in [0.25, 0.3) is 0 Å². The molecule has 0 saturated heterocycles. The quantitative estimate of drug-likeness (QED) is 0.0262. The minimum Gasteiger partial charge on any atom is -0.462 e. The summed E-state index contributed by atoms with van der Waals surface area (Å²) in [5.41, 5.74) is 0. The summed E-state index contributed by atoms with van der Waals surface area (Å²) in [4.78, 5) is 38.0. The highest BCUT2D eigenvalue weighted by Crippen LogP contribution is 2.16. The summed E-state index contributed by atoms with van der Waals surface area (Å²) in [5, 5.41) is 0. The van der Waals surface area contributed by atoms with Crippen LogP contribution in [0, 0.1) is 0 Å². The Morgan fingerprint density at radius 2 is 0.609 bits per heavy atom. The summed E-state index contributed by atoms with van der Waals surface area (Å²) in [6.07, 6.45) is 64.9. The zero-order valence-electron chi connectivity index (χ0n) is 42.3. The summed E-state index contributed by atoms with van der Waals surface area (Å²) >= 11 is 0. The normalized spacial score (nSPS) is 12.5. The van der Waals surface area contributed by atoms with Gasteiger partial charge in [-0.15, -0.1) is 0 Å². The van der Waals surface area contributed by atoms with Gasteiger partial charge in [0.1, 0.15) is 13.2 Å². The van der Waals surface area contributed by atoms with Crippen molar-refractivity contribution in [2.45, 2.75) is 277 Å². The molecule has 0 bridgehead atoms. The van der Waals surface area contributed by atoms with Crippen LogP contribution in [0.3, 0.4) is 0 Å². The van der Waals surface area contributed by atoms with Crippen molar-refractivity contribution < 1.29 is 28.6 Å². The van der Waals surface area contributed by atoms with Crippen LogP contribution in [0.1, 0.15) is 271 Å². The van der Waals surface area contributed by atoms with Crippen LogP contribution in [0.2, 0.25) is 0 Å². The minimum absolute atomic E-state index is 0.0837. The zero-order valence-corrected chi connectivity index (χ0v) is 42.3. The number of ether oxygens (including phenoxy) is 3. The van der Waals surface area contributed by atoms with Gasteiger partial charge in [-0.3, -0.25) is 14.4 Å². The second-order valence-corrected chi connectivity index (χ2v) is 18.2. The molecule has 64 heavy (non-hydrogen) atoms. The third-order valence-corrected chi connectivity index (χ3v) is 11.8. The molecular formula is C58H102O6. The van der Waals surface area contributed by atoms with E-state index in [4.69, 9.17) is 14.2 Å². The lowest BCUT2D eigenvalue weighted by Gasteiger charge is -2.18. The van der Waals surface area contributed by atoms with Crippen molar-refractivity contribution >= 4 is 17.9 Å². The third-order valence-electron chi connectivity index (χ3n) is 11.8. The van der Waals surface area contributed by atoms with Crippen LogP contribution in [-0.2, 0) is 28.6 Å². The van der Waals surface area contributed by atoms with Crippen LogP contribution >= 0.6 is 0 Å². The van der Waals surface area contributed by atoms with Gasteiger partial charge in [-0.05, 0) is 64.2 Å². The van der Waals surface area contributed by atoms with Crippen LogP contribution in [0.4, 0.5) is 0 Å². The molecule has 0 N–H and O–H groups in total. The van der Waals surface area contributed by atoms with E-state index in [2.05, 4.69) is 81.5 Å². The van der Waals surface area contributed by atoms with Crippen molar-refractivity contribution in [1.29, 1.82) is 0 Å². The number of unbranched alkanes of at least 4 members (excludes halogenated alkanes) is 31. The highest BCUT2D eigenvalue weighted by atomic mass is 16.6. The molecule has 0 aromatic rings. The Kier molecular flexibility index (Phi) is 50.4. The first-order chi connectivity index (χ1) is 31.5. The fourth-order valence-corrected chi connectivity index (χ4v) is 7.73. The van der Waals surface area contributed by atoms with Crippen molar-refractivity contribution in [3.05, 3.63) is 60.8 Å². The largest absolute Gasteiger partial charge is 0.462 e. The van der Waals surface area contributed by atoms with Gasteiger partial charge in [0.05, 0.1) is 0 Å². The van der Waals surface area contributed by atoms with E-state index in [9.17, 15) is 14.4 Å². The number of hydrogen-bond acceptors (Lipinski definition) is 6. The summed E-state index contributed by atoms with van der Waals surface area (Å²) in [6.45, 7) is 6.47. The third kappa shape index (κ3) is 50.1. The topological polar surface area (TPSA) is 78.9 Å². The molecule has 0 radical (unpaired) electrons. The number of carbonyl (C=O) groups is 3. The monoisotopic (exact) mass is 895 g/mol. The Labute approximate surface area is 396 Å². The Morgan fingerprint density at radius 1 is 0.328 bits per heavy atom. The van der Waals surface area contributed by atoms with Gasteiger partial charge in [0, 0.05) is 19.3 Å². The molecule has 0 aliphatic carbocycles. The van der Waals surface area contributed by atoms with Gasteiger partial charge in [-0.2, -0.15) is 0 Å². The lowest BCUT2D eigenvalue weighted by Crippen LogP contribution is -2.30. The van der Waals surface area contributed by atoms with Crippen molar-refractivity contribution in [2.75, 3.05) is 13.2 Å². The summed E-state index contributed by atoms with van der Waals surface area (Å²) in [7, 11) is 0. The van der Waals surface area contributed by atoms with E-state index in [1.807, 2.05) is 0 Å². The van der Waals surface area contributed by atoms with E-state index in [1.54, 1.807) is 0 Å². The fourth-order valence-electron chi connectivity index (χ4n) is 7.73. The Morgan fingerprint density at radius 3 is 0.984 bits per heavy atom. The van der Waals surface area contributed by atoms with Crippen molar-refractivity contribution in [3.8, 4) is 0 Å². The molecule has 0 rings (SSSR count). The molecule has 0 amide bonds. The van der Waals surface area contributed by atoms with Crippen LogP contribution in [-0.4, -0.2) is 37.2 Å². The number of esters is 3. The first-order valence-corrected chi connectivity index (χ1v) is 27.3. The molecule has 6 nitrogen and oxygen atoms in total. The number of carbonyl (C=O) groups excluding carboxylic acids is 3. The van der Waals surface area contributed by atoms with E-state index in [-0.39, 0.29) is 31.1 Å². The number of rotatable bonds is 49. The van der Waals surface area contributed by atoms with E-state index >= 15 is 0 Å². The predicted octanol–water partition coefficient (Wildman–Crippen LogP) is 18.0. The average Bonchev–Trinajstić information content (AvgIpc) is 3.29. The van der Waals surface area contributed by atoms with E-state index in [0.29, 0.717) is 19.3 Å². The average molecular weight is 895 g/mol. The highest BCUT2D eigenvalue weighted by Gasteiger charge is 2.19. The molecule has 0 fully saturated rings. The van der Waals surface area contributed by atoms with Crippen molar-refractivity contribution in [1.82, 2.24) is 0 Å². The predicted molar refractivity (Wildman–Crippen MR) is 275 cm³/mol. The van der Waals surface area contributed by atoms with E-state index in [1.165, 1.54) is 135 Å². The second-order valence-electron chi connectivity index (χ2n) is 18.2. The molecule has 0 saturated carbocycles. The molecule has 1 atom stereocenters. The summed E-state index contributed by atoms with van der Waals surface area (Å²) < 4.78 is 16.8. The van der Waals surface area contributed by atoms with Gasteiger partial charge < -0.3 is 14.2 Å². The summed E-state index contributed by atoms with van der Waals surface area (Å²) in [6, 6.07) is 0. The van der Waals surface area contributed by atoms with Gasteiger partial charge in [-0.1, -0.05) is 248 Å². The molecule has 0 aromatic heterocycles. The molecule has 0 aliphatic rings. The number of allylic oxidation sites excluding steroid dienone is 10. The van der Waals surface area contributed by atoms with Crippen LogP contribution in [0.15, 0.2) is 60.8 Å². The smallest absolute Gasteiger partial charge is 0.306 e. The Bertz CT molecular complexity index is 1170. The van der Waals surface area contributed by atoms with Gasteiger partial charge in [0.2, 0.25) is 0 Å². The lowest BCUT2D eigenvalue weighted by molar-refractivity contribution is -0.167. The Hall–Kier alpha value is -2.89. The molecular weight excluding hydrogens is 793 g/mol. The molecule has 6 heteroatoms. The lowest BCUT2D eigenvalue weighted by atomic mass is 10.0. The molecule has 1 unspecified atom stereocenters. The molecule has 0 aliphatic heterocycles.